The normalized spacial score (nSPS) is 29.8. The van der Waals surface area contributed by atoms with E-state index in [1.54, 1.807) is 0 Å². The Balaban J connectivity index is 2.24. The molecule has 1 aliphatic rings. The molecule has 1 rings (SSSR count). The lowest BCUT2D eigenvalue weighted by atomic mass is 9.96. The second-order valence-corrected chi connectivity index (χ2v) is 5.16. The van der Waals surface area contributed by atoms with E-state index in [1.165, 1.54) is 25.8 Å². The molecule has 84 valence electrons. The van der Waals surface area contributed by atoms with Crippen molar-refractivity contribution in [1.82, 2.24) is 5.32 Å². The van der Waals surface area contributed by atoms with Gasteiger partial charge in [0.05, 0.1) is 0 Å². The van der Waals surface area contributed by atoms with Gasteiger partial charge < -0.3 is 11.1 Å². The molecule has 0 radical (unpaired) electrons. The Morgan fingerprint density at radius 1 is 1.36 bits per heavy atom. The molecule has 0 aromatic rings. The summed E-state index contributed by atoms with van der Waals surface area (Å²) < 4.78 is 0. The van der Waals surface area contributed by atoms with E-state index in [2.05, 4.69) is 26.1 Å². The van der Waals surface area contributed by atoms with Gasteiger partial charge in [0.25, 0.3) is 0 Å². The molecule has 0 aliphatic heterocycles. The monoisotopic (exact) mass is 198 g/mol. The first kappa shape index (κ1) is 12.0. The Morgan fingerprint density at radius 2 is 2.07 bits per heavy atom. The highest BCUT2D eigenvalue weighted by Gasteiger charge is 2.24. The van der Waals surface area contributed by atoms with E-state index in [0.29, 0.717) is 12.0 Å². The third-order valence-corrected chi connectivity index (χ3v) is 3.74. The molecule has 3 N–H and O–H groups in total. The van der Waals surface area contributed by atoms with Gasteiger partial charge >= 0.3 is 0 Å². The Hall–Kier alpha value is -0.0800. The third kappa shape index (κ3) is 3.25. The van der Waals surface area contributed by atoms with Gasteiger partial charge in [-0.2, -0.15) is 0 Å². The largest absolute Gasteiger partial charge is 0.329 e. The SMILES string of the molecule is CC(C)C(CN)NCC1CCCC1C. The number of nitrogens with one attached hydrogen (secondary N) is 1. The highest BCUT2D eigenvalue weighted by Crippen LogP contribution is 2.30. The second-order valence-electron chi connectivity index (χ2n) is 5.16. The fourth-order valence-corrected chi connectivity index (χ4v) is 2.42. The van der Waals surface area contributed by atoms with E-state index in [-0.39, 0.29) is 0 Å². The molecule has 0 saturated heterocycles. The van der Waals surface area contributed by atoms with Crippen molar-refractivity contribution >= 4 is 0 Å². The first-order valence-electron chi connectivity index (χ1n) is 6.08. The molecule has 0 heterocycles. The van der Waals surface area contributed by atoms with Crippen molar-refractivity contribution < 1.29 is 0 Å². The Morgan fingerprint density at radius 3 is 2.50 bits per heavy atom. The zero-order valence-corrected chi connectivity index (χ0v) is 9.92. The van der Waals surface area contributed by atoms with Gasteiger partial charge in [-0.05, 0) is 30.7 Å². The summed E-state index contributed by atoms with van der Waals surface area (Å²) in [7, 11) is 0. The lowest BCUT2D eigenvalue weighted by molar-refractivity contribution is 0.333. The summed E-state index contributed by atoms with van der Waals surface area (Å²) in [6, 6.07) is 0.503. The van der Waals surface area contributed by atoms with Crippen LogP contribution in [0.1, 0.15) is 40.0 Å². The quantitative estimate of drug-likeness (QED) is 0.709. The average molecular weight is 198 g/mol. The molecular formula is C12H26N2. The summed E-state index contributed by atoms with van der Waals surface area (Å²) in [5, 5.41) is 3.62. The highest BCUT2D eigenvalue weighted by atomic mass is 14.9. The standard InChI is InChI=1S/C12H26N2/c1-9(2)12(7-13)14-8-11-6-4-5-10(11)3/h9-12,14H,4-8,13H2,1-3H3. The van der Waals surface area contributed by atoms with Crippen LogP contribution in [0.3, 0.4) is 0 Å². The molecular weight excluding hydrogens is 172 g/mol. The van der Waals surface area contributed by atoms with E-state index in [1.807, 2.05) is 0 Å². The minimum Gasteiger partial charge on any atom is -0.329 e. The number of rotatable bonds is 5. The smallest absolute Gasteiger partial charge is 0.0213 e. The first-order valence-corrected chi connectivity index (χ1v) is 6.08. The molecule has 0 bridgehead atoms. The van der Waals surface area contributed by atoms with E-state index < -0.39 is 0 Å². The molecule has 0 spiro atoms. The van der Waals surface area contributed by atoms with Crippen LogP contribution in [0.2, 0.25) is 0 Å². The molecule has 2 heteroatoms. The van der Waals surface area contributed by atoms with Crippen molar-refractivity contribution in [3.8, 4) is 0 Å². The number of nitrogens with two attached hydrogens (primary N) is 1. The fourth-order valence-electron chi connectivity index (χ4n) is 2.42. The minimum absolute atomic E-state index is 0.503. The predicted molar refractivity (Wildman–Crippen MR) is 62.2 cm³/mol. The van der Waals surface area contributed by atoms with Crippen LogP contribution in [-0.4, -0.2) is 19.1 Å². The fraction of sp³-hybridized carbons (Fsp3) is 1.00. The van der Waals surface area contributed by atoms with Crippen LogP contribution in [0.4, 0.5) is 0 Å². The van der Waals surface area contributed by atoms with Gasteiger partial charge in [0.2, 0.25) is 0 Å². The van der Waals surface area contributed by atoms with E-state index in [4.69, 9.17) is 5.73 Å². The molecule has 0 aromatic heterocycles. The van der Waals surface area contributed by atoms with Crippen LogP contribution in [-0.2, 0) is 0 Å². The van der Waals surface area contributed by atoms with Gasteiger partial charge in [0.1, 0.15) is 0 Å². The van der Waals surface area contributed by atoms with Crippen molar-refractivity contribution in [2.75, 3.05) is 13.1 Å². The maximum absolute atomic E-state index is 5.73. The predicted octanol–water partition coefficient (Wildman–Crippen LogP) is 2.00. The lowest BCUT2D eigenvalue weighted by Crippen LogP contribution is -2.42. The van der Waals surface area contributed by atoms with Gasteiger partial charge in [-0.15, -0.1) is 0 Å². The Kier molecular flexibility index (Phi) is 4.90. The first-order chi connectivity index (χ1) is 6.65. The topological polar surface area (TPSA) is 38.0 Å². The maximum atomic E-state index is 5.73. The van der Waals surface area contributed by atoms with Crippen molar-refractivity contribution in [2.45, 2.75) is 46.1 Å². The molecule has 0 aromatic carbocycles. The summed E-state index contributed by atoms with van der Waals surface area (Å²) in [6.45, 7) is 8.79. The molecule has 3 atom stereocenters. The molecule has 0 amide bonds. The van der Waals surface area contributed by atoms with Gasteiger partial charge in [-0.1, -0.05) is 33.6 Å². The van der Waals surface area contributed by atoms with E-state index >= 15 is 0 Å². The number of hydrogen-bond acceptors (Lipinski definition) is 2. The Labute approximate surface area is 88.6 Å². The zero-order chi connectivity index (χ0) is 10.6. The minimum atomic E-state index is 0.503. The zero-order valence-electron chi connectivity index (χ0n) is 9.92. The molecule has 14 heavy (non-hydrogen) atoms. The molecule has 1 fully saturated rings. The summed E-state index contributed by atoms with van der Waals surface area (Å²) in [5.74, 6) is 2.45. The van der Waals surface area contributed by atoms with Crippen molar-refractivity contribution in [3.63, 3.8) is 0 Å². The van der Waals surface area contributed by atoms with E-state index in [0.717, 1.165) is 18.4 Å². The molecule has 2 nitrogen and oxygen atoms in total. The van der Waals surface area contributed by atoms with Crippen LogP contribution in [0.25, 0.3) is 0 Å². The summed E-state index contributed by atoms with van der Waals surface area (Å²) >= 11 is 0. The number of hydrogen-bond donors (Lipinski definition) is 2. The third-order valence-electron chi connectivity index (χ3n) is 3.74. The Bertz CT molecular complexity index is 154. The van der Waals surface area contributed by atoms with Gasteiger partial charge in [-0.25, -0.2) is 0 Å². The van der Waals surface area contributed by atoms with Crippen LogP contribution >= 0.6 is 0 Å². The van der Waals surface area contributed by atoms with Crippen molar-refractivity contribution in [3.05, 3.63) is 0 Å². The van der Waals surface area contributed by atoms with E-state index in [9.17, 15) is 0 Å². The lowest BCUT2D eigenvalue weighted by Gasteiger charge is -2.24. The van der Waals surface area contributed by atoms with Crippen molar-refractivity contribution in [2.24, 2.45) is 23.5 Å². The average Bonchev–Trinajstić information content (AvgIpc) is 2.52. The van der Waals surface area contributed by atoms with Gasteiger partial charge in [0, 0.05) is 12.6 Å². The van der Waals surface area contributed by atoms with Crippen LogP contribution in [0.15, 0.2) is 0 Å². The van der Waals surface area contributed by atoms with Crippen LogP contribution < -0.4 is 11.1 Å². The van der Waals surface area contributed by atoms with Crippen LogP contribution in [0.5, 0.6) is 0 Å². The molecule has 1 aliphatic carbocycles. The maximum Gasteiger partial charge on any atom is 0.0213 e. The summed E-state index contributed by atoms with van der Waals surface area (Å²) in [6.07, 6.45) is 4.24. The highest BCUT2D eigenvalue weighted by molar-refractivity contribution is 4.79. The molecule has 1 saturated carbocycles. The van der Waals surface area contributed by atoms with Crippen molar-refractivity contribution in [1.29, 1.82) is 0 Å². The second kappa shape index (κ2) is 5.72. The van der Waals surface area contributed by atoms with Gasteiger partial charge in [0.15, 0.2) is 0 Å². The molecule has 3 unspecified atom stereocenters. The summed E-state index contributed by atoms with van der Waals surface area (Å²) in [4.78, 5) is 0. The van der Waals surface area contributed by atoms with Gasteiger partial charge in [-0.3, -0.25) is 0 Å². The van der Waals surface area contributed by atoms with Crippen LogP contribution in [0, 0.1) is 17.8 Å². The summed E-state index contributed by atoms with van der Waals surface area (Å²) in [5.41, 5.74) is 5.73.